The molecule has 0 aliphatic carbocycles. The van der Waals surface area contributed by atoms with Crippen molar-refractivity contribution in [3.8, 4) is 11.4 Å². The highest BCUT2D eigenvalue weighted by Gasteiger charge is 2.21. The van der Waals surface area contributed by atoms with Crippen molar-refractivity contribution in [2.24, 2.45) is 0 Å². The number of aromatic nitrogens is 6. The first-order valence-electron chi connectivity index (χ1n) is 7.64. The number of aryl methyl sites for hydroxylation is 2. The predicted octanol–water partition coefficient (Wildman–Crippen LogP) is 1.14. The van der Waals surface area contributed by atoms with E-state index in [0.29, 0.717) is 24.3 Å². The van der Waals surface area contributed by atoms with Crippen LogP contribution in [0.15, 0.2) is 29.0 Å². The van der Waals surface area contributed by atoms with E-state index in [0.717, 1.165) is 36.6 Å². The molecule has 0 saturated heterocycles. The second-order valence-electron chi connectivity index (χ2n) is 5.63. The number of hydrogen-bond acceptors (Lipinski definition) is 7. The number of nitrogens with one attached hydrogen (secondary N) is 1. The first-order valence-corrected chi connectivity index (χ1v) is 7.64. The lowest BCUT2D eigenvalue weighted by Gasteiger charge is -2.22. The first kappa shape index (κ1) is 14.0. The third kappa shape index (κ3) is 2.98. The van der Waals surface area contributed by atoms with E-state index in [4.69, 9.17) is 4.52 Å². The standard InChI is InChI=1S/C15H17N7O/c1-10-18-13-5-4-12(9-22(13)20-10)17-8-14-19-15(21-23-14)11-3-2-6-16-7-11/h2-3,6-7,12,17H,4-5,8-9H2,1H3/t12-/m0/s1. The Bertz CT molecular complexity index is 795. The van der Waals surface area contributed by atoms with E-state index in [1.165, 1.54) is 0 Å². The largest absolute Gasteiger partial charge is 0.338 e. The maximum Gasteiger partial charge on any atom is 0.240 e. The average molecular weight is 311 g/mol. The van der Waals surface area contributed by atoms with Crippen molar-refractivity contribution in [3.63, 3.8) is 0 Å². The molecule has 0 amide bonds. The zero-order chi connectivity index (χ0) is 15.6. The van der Waals surface area contributed by atoms with Gasteiger partial charge in [0.1, 0.15) is 11.6 Å². The van der Waals surface area contributed by atoms with E-state index in [9.17, 15) is 0 Å². The Morgan fingerprint density at radius 3 is 3.22 bits per heavy atom. The molecule has 8 nitrogen and oxygen atoms in total. The SMILES string of the molecule is Cc1nc2n(n1)C[C@@H](NCc1nc(-c3cccnc3)no1)CC2. The number of hydrogen-bond donors (Lipinski definition) is 1. The van der Waals surface area contributed by atoms with E-state index in [1.807, 2.05) is 23.7 Å². The Balaban J connectivity index is 1.38. The van der Waals surface area contributed by atoms with Gasteiger partial charge in [-0.3, -0.25) is 4.98 Å². The zero-order valence-corrected chi connectivity index (χ0v) is 12.8. The summed E-state index contributed by atoms with van der Waals surface area (Å²) in [7, 11) is 0. The average Bonchev–Trinajstić information content (AvgIpc) is 3.18. The molecule has 1 N–H and O–H groups in total. The molecule has 1 aliphatic heterocycles. The van der Waals surface area contributed by atoms with Crippen LogP contribution in [0.2, 0.25) is 0 Å². The van der Waals surface area contributed by atoms with Crippen molar-refractivity contribution >= 4 is 0 Å². The second-order valence-corrected chi connectivity index (χ2v) is 5.63. The predicted molar refractivity (Wildman–Crippen MR) is 81.2 cm³/mol. The van der Waals surface area contributed by atoms with E-state index >= 15 is 0 Å². The summed E-state index contributed by atoms with van der Waals surface area (Å²) in [5, 5.41) is 11.9. The van der Waals surface area contributed by atoms with Crippen molar-refractivity contribution < 1.29 is 4.52 Å². The minimum Gasteiger partial charge on any atom is -0.338 e. The van der Waals surface area contributed by atoms with Crippen LogP contribution < -0.4 is 5.32 Å². The maximum atomic E-state index is 5.30. The summed E-state index contributed by atoms with van der Waals surface area (Å²) < 4.78 is 7.28. The van der Waals surface area contributed by atoms with Crippen LogP contribution in [0.3, 0.4) is 0 Å². The van der Waals surface area contributed by atoms with Gasteiger partial charge in [-0.25, -0.2) is 9.67 Å². The molecule has 0 spiro atoms. The van der Waals surface area contributed by atoms with E-state index in [2.05, 4.69) is 30.5 Å². The number of rotatable bonds is 4. The van der Waals surface area contributed by atoms with Crippen LogP contribution in [-0.4, -0.2) is 35.9 Å². The lowest BCUT2D eigenvalue weighted by Crippen LogP contribution is -2.37. The fraction of sp³-hybridized carbons (Fsp3) is 0.400. The van der Waals surface area contributed by atoms with Gasteiger partial charge in [-0.1, -0.05) is 5.16 Å². The number of pyridine rings is 1. The summed E-state index contributed by atoms with van der Waals surface area (Å²) in [5.74, 6) is 3.04. The Kier molecular flexibility index (Phi) is 3.58. The Morgan fingerprint density at radius 1 is 1.39 bits per heavy atom. The Hall–Kier alpha value is -2.61. The monoisotopic (exact) mass is 311 g/mol. The number of nitrogens with zero attached hydrogens (tertiary/aromatic N) is 6. The highest BCUT2D eigenvalue weighted by Crippen LogP contribution is 2.15. The van der Waals surface area contributed by atoms with E-state index in [1.54, 1.807) is 12.4 Å². The molecule has 3 aromatic heterocycles. The summed E-state index contributed by atoms with van der Waals surface area (Å²) in [5.41, 5.74) is 0.850. The molecule has 8 heteroatoms. The van der Waals surface area contributed by atoms with Crippen molar-refractivity contribution in [1.82, 2.24) is 35.2 Å². The van der Waals surface area contributed by atoms with Crippen LogP contribution in [-0.2, 0) is 19.5 Å². The molecule has 0 aromatic carbocycles. The smallest absolute Gasteiger partial charge is 0.240 e. The molecular weight excluding hydrogens is 294 g/mol. The van der Waals surface area contributed by atoms with Crippen molar-refractivity contribution in [2.45, 2.75) is 38.9 Å². The fourth-order valence-electron chi connectivity index (χ4n) is 2.77. The normalized spacial score (nSPS) is 17.2. The van der Waals surface area contributed by atoms with Gasteiger partial charge in [0.25, 0.3) is 0 Å². The van der Waals surface area contributed by atoms with E-state index in [-0.39, 0.29) is 0 Å². The van der Waals surface area contributed by atoms with Gasteiger partial charge in [0, 0.05) is 30.4 Å². The molecule has 23 heavy (non-hydrogen) atoms. The topological polar surface area (TPSA) is 94.6 Å². The van der Waals surface area contributed by atoms with Gasteiger partial charge in [-0.15, -0.1) is 0 Å². The maximum absolute atomic E-state index is 5.30. The first-order chi connectivity index (χ1) is 11.3. The molecule has 0 unspecified atom stereocenters. The van der Waals surface area contributed by atoms with Crippen molar-refractivity contribution in [2.75, 3.05) is 0 Å². The molecule has 4 rings (SSSR count). The summed E-state index contributed by atoms with van der Waals surface area (Å²) in [4.78, 5) is 12.9. The van der Waals surface area contributed by atoms with Crippen LogP contribution in [0.1, 0.15) is 24.0 Å². The summed E-state index contributed by atoms with van der Waals surface area (Å²) >= 11 is 0. The summed E-state index contributed by atoms with van der Waals surface area (Å²) in [6.45, 7) is 3.28. The third-order valence-corrected chi connectivity index (χ3v) is 3.89. The van der Waals surface area contributed by atoms with Crippen molar-refractivity contribution in [3.05, 3.63) is 42.1 Å². The fourth-order valence-corrected chi connectivity index (χ4v) is 2.77. The minimum atomic E-state index is 0.331. The Morgan fingerprint density at radius 2 is 2.35 bits per heavy atom. The highest BCUT2D eigenvalue weighted by atomic mass is 16.5. The number of fused-ring (bicyclic) bond motifs is 1. The second kappa shape index (κ2) is 5.88. The van der Waals surface area contributed by atoms with E-state index < -0.39 is 0 Å². The van der Waals surface area contributed by atoms with Crippen molar-refractivity contribution in [1.29, 1.82) is 0 Å². The van der Waals surface area contributed by atoms with Crippen LogP contribution in [0.4, 0.5) is 0 Å². The van der Waals surface area contributed by atoms with Gasteiger partial charge < -0.3 is 9.84 Å². The van der Waals surface area contributed by atoms with Gasteiger partial charge in [0.2, 0.25) is 11.7 Å². The molecule has 1 aliphatic rings. The summed E-state index contributed by atoms with van der Waals surface area (Å²) in [6.07, 6.45) is 5.40. The molecule has 3 aromatic rings. The molecule has 1 atom stereocenters. The molecule has 4 heterocycles. The third-order valence-electron chi connectivity index (χ3n) is 3.89. The zero-order valence-electron chi connectivity index (χ0n) is 12.8. The quantitative estimate of drug-likeness (QED) is 0.772. The highest BCUT2D eigenvalue weighted by molar-refractivity contribution is 5.51. The van der Waals surface area contributed by atoms with Crippen LogP contribution in [0, 0.1) is 6.92 Å². The lowest BCUT2D eigenvalue weighted by atomic mass is 10.1. The molecule has 0 fully saturated rings. The van der Waals surface area contributed by atoms with Gasteiger partial charge in [-0.2, -0.15) is 10.1 Å². The summed E-state index contributed by atoms with van der Waals surface area (Å²) in [6, 6.07) is 4.09. The molecule has 118 valence electrons. The van der Waals surface area contributed by atoms with Gasteiger partial charge in [-0.05, 0) is 25.5 Å². The molecule has 0 radical (unpaired) electrons. The Labute approximate surface area is 133 Å². The lowest BCUT2D eigenvalue weighted by molar-refractivity contribution is 0.320. The van der Waals surface area contributed by atoms with Gasteiger partial charge in [0.05, 0.1) is 13.1 Å². The minimum absolute atomic E-state index is 0.331. The van der Waals surface area contributed by atoms with Crippen LogP contribution in [0.25, 0.3) is 11.4 Å². The van der Waals surface area contributed by atoms with Gasteiger partial charge >= 0.3 is 0 Å². The van der Waals surface area contributed by atoms with Crippen LogP contribution >= 0.6 is 0 Å². The molecule has 0 bridgehead atoms. The molecular formula is C15H17N7O. The molecule has 0 saturated carbocycles. The van der Waals surface area contributed by atoms with Gasteiger partial charge in [0.15, 0.2) is 0 Å². The van der Waals surface area contributed by atoms with Crippen LogP contribution in [0.5, 0.6) is 0 Å².